The van der Waals surface area contributed by atoms with Crippen molar-refractivity contribution in [3.05, 3.63) is 97.1 Å². The molecule has 0 atom stereocenters. The maximum atomic E-state index is 6.54. The summed E-state index contributed by atoms with van der Waals surface area (Å²) in [6, 6.07) is 33.9. The van der Waals surface area contributed by atoms with Gasteiger partial charge in [0.2, 0.25) is 0 Å². The molecule has 0 saturated carbocycles. The fourth-order valence-corrected chi connectivity index (χ4v) is 5.50. The molecule has 0 radical (unpaired) electrons. The van der Waals surface area contributed by atoms with Crippen molar-refractivity contribution in [2.24, 2.45) is 0 Å². The van der Waals surface area contributed by atoms with Gasteiger partial charge < -0.3 is 4.42 Å². The molecule has 0 unspecified atom stereocenters. The zero-order valence-corrected chi connectivity index (χ0v) is 16.1. The number of furan rings is 1. The Balaban J connectivity index is 1.89. The van der Waals surface area contributed by atoms with Crippen molar-refractivity contribution in [2.45, 2.75) is 13.1 Å². The van der Waals surface area contributed by atoms with Gasteiger partial charge in [0.1, 0.15) is 5.76 Å². The summed E-state index contributed by atoms with van der Waals surface area (Å²) >= 11 is 0. The lowest BCUT2D eigenvalue weighted by molar-refractivity contribution is 0.614. The molecule has 0 amide bonds. The van der Waals surface area contributed by atoms with E-state index in [1.54, 1.807) is 0 Å². The van der Waals surface area contributed by atoms with Crippen LogP contribution in [-0.4, -0.2) is 8.07 Å². The summed E-state index contributed by atoms with van der Waals surface area (Å²) in [5, 5.41) is 2.49. The van der Waals surface area contributed by atoms with Gasteiger partial charge in [0.15, 0.2) is 8.07 Å². The lowest BCUT2D eigenvalue weighted by Gasteiger charge is -2.19. The highest BCUT2D eigenvalue weighted by Crippen LogP contribution is 2.33. The molecule has 1 nitrogen and oxygen atoms in total. The van der Waals surface area contributed by atoms with Crippen molar-refractivity contribution in [2.75, 3.05) is 0 Å². The first-order valence-corrected chi connectivity index (χ1v) is 12.0. The van der Waals surface area contributed by atoms with Crippen LogP contribution in [-0.2, 0) is 0 Å². The molecule has 4 rings (SSSR count). The standard InChI is InChI=1S/C24H22OSi/c1-26(2,21-16-10-5-11-17-21)23-18-22(19-12-6-3-7-13-19)24(25-23)20-14-8-4-9-15-20/h3-18H,1-2H3. The van der Waals surface area contributed by atoms with Gasteiger partial charge in [-0.05, 0) is 11.6 Å². The average Bonchev–Trinajstić information content (AvgIpc) is 3.16. The normalized spacial score (nSPS) is 11.5. The minimum absolute atomic E-state index is 0.961. The number of hydrogen-bond acceptors (Lipinski definition) is 1. The van der Waals surface area contributed by atoms with E-state index >= 15 is 0 Å². The van der Waals surface area contributed by atoms with Crippen molar-refractivity contribution in [3.63, 3.8) is 0 Å². The molecule has 0 N–H and O–H groups in total. The molecular weight excluding hydrogens is 332 g/mol. The number of hydrogen-bond donors (Lipinski definition) is 0. The fourth-order valence-electron chi connectivity index (χ4n) is 3.33. The monoisotopic (exact) mass is 354 g/mol. The molecule has 4 aromatic rings. The molecule has 0 fully saturated rings. The predicted molar refractivity (Wildman–Crippen MR) is 113 cm³/mol. The Morgan fingerprint density at radius 3 is 1.69 bits per heavy atom. The van der Waals surface area contributed by atoms with Gasteiger partial charge in [0.05, 0.1) is 5.38 Å². The minimum Gasteiger partial charge on any atom is -0.465 e. The molecule has 128 valence electrons. The van der Waals surface area contributed by atoms with Gasteiger partial charge in [-0.1, -0.05) is 109 Å². The zero-order valence-electron chi connectivity index (χ0n) is 15.1. The summed E-state index contributed by atoms with van der Waals surface area (Å²) in [7, 11) is -1.90. The van der Waals surface area contributed by atoms with Crippen LogP contribution < -0.4 is 10.6 Å². The topological polar surface area (TPSA) is 13.1 Å². The zero-order chi connectivity index (χ0) is 18.0. The number of benzene rings is 3. The molecule has 0 bridgehead atoms. The van der Waals surface area contributed by atoms with Gasteiger partial charge in [-0.3, -0.25) is 0 Å². The Morgan fingerprint density at radius 2 is 1.12 bits per heavy atom. The summed E-state index contributed by atoms with van der Waals surface area (Å²) in [5.41, 5.74) is 3.48. The quantitative estimate of drug-likeness (QED) is 0.445. The molecule has 0 aliphatic carbocycles. The molecule has 0 spiro atoms. The maximum absolute atomic E-state index is 6.54. The minimum atomic E-state index is -1.90. The molecule has 2 heteroatoms. The van der Waals surface area contributed by atoms with Crippen LogP contribution in [0.4, 0.5) is 0 Å². The Morgan fingerprint density at radius 1 is 0.615 bits per heavy atom. The lowest BCUT2D eigenvalue weighted by Crippen LogP contribution is -2.52. The van der Waals surface area contributed by atoms with E-state index in [1.165, 1.54) is 16.3 Å². The van der Waals surface area contributed by atoms with Crippen LogP contribution in [0.15, 0.2) is 101 Å². The van der Waals surface area contributed by atoms with E-state index in [9.17, 15) is 0 Å². The van der Waals surface area contributed by atoms with Crippen molar-refractivity contribution in [3.8, 4) is 22.5 Å². The molecule has 1 heterocycles. The van der Waals surface area contributed by atoms with E-state index in [2.05, 4.69) is 104 Å². The largest absolute Gasteiger partial charge is 0.465 e. The highest BCUT2D eigenvalue weighted by Gasteiger charge is 2.31. The average molecular weight is 355 g/mol. The molecule has 1 aromatic heterocycles. The van der Waals surface area contributed by atoms with E-state index in [0.717, 1.165) is 16.7 Å². The second kappa shape index (κ2) is 6.81. The smallest absolute Gasteiger partial charge is 0.156 e. The Labute approximate surface area is 156 Å². The summed E-state index contributed by atoms with van der Waals surface area (Å²) in [6.45, 7) is 4.70. The van der Waals surface area contributed by atoms with Crippen molar-refractivity contribution in [1.82, 2.24) is 0 Å². The first-order valence-electron chi connectivity index (χ1n) is 8.97. The van der Waals surface area contributed by atoms with E-state index in [4.69, 9.17) is 4.42 Å². The third-order valence-electron chi connectivity index (χ3n) is 4.96. The van der Waals surface area contributed by atoms with Crippen LogP contribution in [0, 0.1) is 0 Å². The van der Waals surface area contributed by atoms with Crippen LogP contribution in [0.25, 0.3) is 22.5 Å². The first kappa shape index (κ1) is 16.6. The van der Waals surface area contributed by atoms with Gasteiger partial charge in [0.25, 0.3) is 0 Å². The SMILES string of the molecule is C[Si](C)(c1ccccc1)c1cc(-c2ccccc2)c(-c2ccccc2)o1. The molecule has 0 aliphatic heterocycles. The first-order chi connectivity index (χ1) is 12.7. The summed E-state index contributed by atoms with van der Waals surface area (Å²) in [6.07, 6.45) is 0. The lowest BCUT2D eigenvalue weighted by atomic mass is 10.0. The summed E-state index contributed by atoms with van der Waals surface area (Å²) in [4.78, 5) is 0. The van der Waals surface area contributed by atoms with Gasteiger partial charge in [0, 0.05) is 11.1 Å². The third-order valence-corrected chi connectivity index (χ3v) is 8.22. The maximum Gasteiger partial charge on any atom is 0.156 e. The van der Waals surface area contributed by atoms with E-state index < -0.39 is 8.07 Å². The fraction of sp³-hybridized carbons (Fsp3) is 0.0833. The highest BCUT2D eigenvalue weighted by atomic mass is 28.3. The van der Waals surface area contributed by atoms with Crippen molar-refractivity contribution < 1.29 is 4.42 Å². The van der Waals surface area contributed by atoms with E-state index in [0.29, 0.717) is 0 Å². The molecular formula is C24H22OSi. The number of rotatable bonds is 4. The second-order valence-electron chi connectivity index (χ2n) is 7.08. The summed E-state index contributed by atoms with van der Waals surface area (Å²) < 4.78 is 6.54. The van der Waals surface area contributed by atoms with Crippen molar-refractivity contribution >= 4 is 18.6 Å². The molecule has 0 aliphatic rings. The van der Waals surface area contributed by atoms with Gasteiger partial charge in [-0.2, -0.15) is 0 Å². The van der Waals surface area contributed by atoms with Crippen LogP contribution in [0.2, 0.25) is 13.1 Å². The predicted octanol–water partition coefficient (Wildman–Crippen LogP) is 5.44. The highest BCUT2D eigenvalue weighted by molar-refractivity contribution is 6.99. The molecule has 3 aromatic carbocycles. The van der Waals surface area contributed by atoms with Crippen LogP contribution in [0.1, 0.15) is 0 Å². The van der Waals surface area contributed by atoms with Crippen molar-refractivity contribution in [1.29, 1.82) is 0 Å². The van der Waals surface area contributed by atoms with Gasteiger partial charge >= 0.3 is 0 Å². The Kier molecular flexibility index (Phi) is 4.35. The molecule has 26 heavy (non-hydrogen) atoms. The van der Waals surface area contributed by atoms with Crippen LogP contribution in [0.5, 0.6) is 0 Å². The van der Waals surface area contributed by atoms with E-state index in [1.807, 2.05) is 6.07 Å². The second-order valence-corrected chi connectivity index (χ2v) is 11.4. The Hall–Kier alpha value is -2.84. The Bertz CT molecular complexity index is 929. The van der Waals surface area contributed by atoms with E-state index in [-0.39, 0.29) is 0 Å². The third kappa shape index (κ3) is 3.04. The van der Waals surface area contributed by atoms with Gasteiger partial charge in [-0.15, -0.1) is 0 Å². The van der Waals surface area contributed by atoms with Crippen LogP contribution in [0.3, 0.4) is 0 Å². The molecule has 0 saturated heterocycles. The van der Waals surface area contributed by atoms with Gasteiger partial charge in [-0.25, -0.2) is 0 Å². The van der Waals surface area contributed by atoms with Crippen LogP contribution >= 0.6 is 0 Å². The summed E-state index contributed by atoms with van der Waals surface area (Å²) in [5.74, 6) is 0.961.